The minimum atomic E-state index is -0.276. The van der Waals surface area contributed by atoms with Crippen molar-refractivity contribution in [2.75, 3.05) is 13.1 Å². The molecule has 0 spiro atoms. The van der Waals surface area contributed by atoms with Gasteiger partial charge in [-0.15, -0.1) is 0 Å². The molecule has 1 aliphatic heterocycles. The summed E-state index contributed by atoms with van der Waals surface area (Å²) < 4.78 is 0. The van der Waals surface area contributed by atoms with Gasteiger partial charge >= 0.3 is 0 Å². The zero-order valence-corrected chi connectivity index (χ0v) is 14.0. The van der Waals surface area contributed by atoms with Gasteiger partial charge in [-0.1, -0.05) is 43.2 Å². The van der Waals surface area contributed by atoms with E-state index in [9.17, 15) is 5.26 Å². The summed E-state index contributed by atoms with van der Waals surface area (Å²) in [6, 6.07) is 14.1. The smallest absolute Gasteiger partial charge is 0.0891 e. The van der Waals surface area contributed by atoms with Crippen molar-refractivity contribution in [2.24, 2.45) is 11.8 Å². The molecule has 0 amide bonds. The van der Waals surface area contributed by atoms with Gasteiger partial charge in [0.15, 0.2) is 0 Å². The third-order valence-electron chi connectivity index (χ3n) is 6.03. The molecule has 0 unspecified atom stereocenters. The maximum absolute atomic E-state index is 10.3. The first-order valence-corrected chi connectivity index (χ1v) is 8.89. The quantitative estimate of drug-likeness (QED) is 0.825. The van der Waals surface area contributed by atoms with Crippen LogP contribution in [0.1, 0.15) is 51.5 Å². The number of benzene rings is 1. The molecular weight excluding hydrogens is 268 g/mol. The summed E-state index contributed by atoms with van der Waals surface area (Å²) in [6.07, 6.45) is 6.20. The van der Waals surface area contributed by atoms with Gasteiger partial charge in [0.25, 0.3) is 0 Å². The first-order chi connectivity index (χ1) is 10.7. The van der Waals surface area contributed by atoms with Crippen molar-refractivity contribution < 1.29 is 0 Å². The van der Waals surface area contributed by atoms with Crippen LogP contribution in [0.2, 0.25) is 0 Å². The van der Waals surface area contributed by atoms with Crippen molar-refractivity contribution in [2.45, 2.75) is 57.4 Å². The van der Waals surface area contributed by atoms with E-state index in [4.69, 9.17) is 0 Å². The molecule has 0 N–H and O–H groups in total. The van der Waals surface area contributed by atoms with Crippen LogP contribution >= 0.6 is 0 Å². The topological polar surface area (TPSA) is 27.0 Å². The monoisotopic (exact) mass is 296 g/mol. The van der Waals surface area contributed by atoms with Crippen LogP contribution in [0.5, 0.6) is 0 Å². The van der Waals surface area contributed by atoms with Crippen LogP contribution in [0, 0.1) is 23.2 Å². The molecule has 22 heavy (non-hydrogen) atoms. The molecule has 1 saturated heterocycles. The highest BCUT2D eigenvalue weighted by Gasteiger charge is 2.50. The van der Waals surface area contributed by atoms with E-state index in [1.807, 2.05) is 0 Å². The number of nitriles is 1. The highest BCUT2D eigenvalue weighted by Crippen LogP contribution is 2.49. The van der Waals surface area contributed by atoms with Crippen LogP contribution in [0.15, 0.2) is 30.3 Å². The number of rotatable bonds is 4. The lowest BCUT2D eigenvalue weighted by Gasteiger charge is -2.39. The van der Waals surface area contributed by atoms with Crippen LogP contribution in [-0.2, 0) is 5.41 Å². The molecule has 1 saturated carbocycles. The normalized spacial score (nSPS) is 26.2. The van der Waals surface area contributed by atoms with E-state index in [0.29, 0.717) is 17.9 Å². The Balaban J connectivity index is 1.98. The molecule has 0 radical (unpaired) electrons. The van der Waals surface area contributed by atoms with E-state index < -0.39 is 0 Å². The molecule has 2 aliphatic rings. The molecule has 118 valence electrons. The Morgan fingerprint density at radius 3 is 2.32 bits per heavy atom. The SMILES string of the molecule is CC(C)N1CC[C@@H]([C@](C#N)(c2ccccc2)C2CCCC2)C1. The fourth-order valence-electron chi connectivity index (χ4n) is 4.77. The Morgan fingerprint density at radius 1 is 1.09 bits per heavy atom. The number of nitrogens with zero attached hydrogens (tertiary/aromatic N) is 2. The van der Waals surface area contributed by atoms with Crippen molar-refractivity contribution in [3.05, 3.63) is 35.9 Å². The Hall–Kier alpha value is -1.33. The second kappa shape index (κ2) is 6.42. The molecule has 3 rings (SSSR count). The standard InChI is InChI=1S/C20H28N2/c1-16(2)22-13-12-19(14-22)20(15-21,18-10-6-7-11-18)17-8-4-3-5-9-17/h3-5,8-9,16,18-19H,6-7,10-14H2,1-2H3/t19-,20-/m1/s1. The van der Waals surface area contributed by atoms with Gasteiger partial charge < -0.3 is 4.90 Å². The second-order valence-corrected chi connectivity index (χ2v) is 7.40. The molecule has 0 bridgehead atoms. The molecule has 0 aromatic heterocycles. The molecule has 2 nitrogen and oxygen atoms in total. The van der Waals surface area contributed by atoms with Gasteiger partial charge in [0.1, 0.15) is 0 Å². The summed E-state index contributed by atoms with van der Waals surface area (Å²) in [5.74, 6) is 1.02. The molecule has 1 aromatic rings. The van der Waals surface area contributed by atoms with Gasteiger partial charge in [0, 0.05) is 12.6 Å². The summed E-state index contributed by atoms with van der Waals surface area (Å²) >= 11 is 0. The lowest BCUT2D eigenvalue weighted by Crippen LogP contribution is -2.42. The van der Waals surface area contributed by atoms with E-state index in [1.165, 1.54) is 31.2 Å². The molecule has 2 atom stereocenters. The van der Waals surface area contributed by atoms with Crippen molar-refractivity contribution in [3.8, 4) is 6.07 Å². The van der Waals surface area contributed by atoms with E-state index in [1.54, 1.807) is 0 Å². The van der Waals surface area contributed by atoms with Crippen LogP contribution < -0.4 is 0 Å². The Morgan fingerprint density at radius 2 is 1.77 bits per heavy atom. The molecule has 2 fully saturated rings. The Kier molecular flexibility index (Phi) is 4.54. The van der Waals surface area contributed by atoms with Crippen molar-refractivity contribution >= 4 is 0 Å². The summed E-state index contributed by atoms with van der Waals surface area (Å²) in [7, 11) is 0. The van der Waals surface area contributed by atoms with Gasteiger partial charge in [-0.3, -0.25) is 0 Å². The maximum Gasteiger partial charge on any atom is 0.0891 e. The van der Waals surface area contributed by atoms with Crippen molar-refractivity contribution in [3.63, 3.8) is 0 Å². The minimum absolute atomic E-state index is 0.276. The van der Waals surface area contributed by atoms with E-state index >= 15 is 0 Å². The van der Waals surface area contributed by atoms with Gasteiger partial charge in [-0.25, -0.2) is 0 Å². The predicted octanol–water partition coefficient (Wildman–Crippen LogP) is 4.37. The Labute approximate surface area is 135 Å². The average Bonchev–Trinajstić information content (AvgIpc) is 3.22. The van der Waals surface area contributed by atoms with Crippen molar-refractivity contribution in [1.82, 2.24) is 4.90 Å². The van der Waals surface area contributed by atoms with Gasteiger partial charge in [0.2, 0.25) is 0 Å². The third kappa shape index (κ3) is 2.57. The third-order valence-corrected chi connectivity index (χ3v) is 6.03. The molecular formula is C20H28N2. The van der Waals surface area contributed by atoms with Crippen LogP contribution in [0.4, 0.5) is 0 Å². The summed E-state index contributed by atoms with van der Waals surface area (Å²) in [6.45, 7) is 6.77. The first kappa shape index (κ1) is 15.6. The number of hydrogen-bond donors (Lipinski definition) is 0. The highest BCUT2D eigenvalue weighted by atomic mass is 15.2. The largest absolute Gasteiger partial charge is 0.301 e. The minimum Gasteiger partial charge on any atom is -0.301 e. The lowest BCUT2D eigenvalue weighted by atomic mass is 9.62. The van der Waals surface area contributed by atoms with E-state index in [0.717, 1.165) is 19.5 Å². The number of likely N-dealkylation sites (tertiary alicyclic amines) is 1. The zero-order valence-electron chi connectivity index (χ0n) is 14.0. The second-order valence-electron chi connectivity index (χ2n) is 7.40. The van der Waals surface area contributed by atoms with E-state index in [-0.39, 0.29) is 5.41 Å². The van der Waals surface area contributed by atoms with Crippen LogP contribution in [0.25, 0.3) is 0 Å². The van der Waals surface area contributed by atoms with E-state index in [2.05, 4.69) is 55.1 Å². The van der Waals surface area contributed by atoms with Gasteiger partial charge in [-0.2, -0.15) is 5.26 Å². The van der Waals surface area contributed by atoms with Gasteiger partial charge in [0.05, 0.1) is 11.5 Å². The first-order valence-electron chi connectivity index (χ1n) is 8.89. The summed E-state index contributed by atoms with van der Waals surface area (Å²) in [5, 5.41) is 10.3. The van der Waals surface area contributed by atoms with Crippen LogP contribution in [-0.4, -0.2) is 24.0 Å². The van der Waals surface area contributed by atoms with Crippen molar-refractivity contribution in [1.29, 1.82) is 5.26 Å². The predicted molar refractivity (Wildman–Crippen MR) is 90.5 cm³/mol. The summed E-state index contributed by atoms with van der Waals surface area (Å²) in [4.78, 5) is 2.55. The summed E-state index contributed by atoms with van der Waals surface area (Å²) in [5.41, 5.74) is 0.988. The lowest BCUT2D eigenvalue weighted by molar-refractivity contribution is 0.207. The highest BCUT2D eigenvalue weighted by molar-refractivity contribution is 5.36. The fraction of sp³-hybridized carbons (Fsp3) is 0.650. The zero-order chi connectivity index (χ0) is 15.6. The maximum atomic E-state index is 10.3. The molecule has 2 heteroatoms. The fourth-order valence-corrected chi connectivity index (χ4v) is 4.77. The van der Waals surface area contributed by atoms with Crippen LogP contribution in [0.3, 0.4) is 0 Å². The Bertz CT molecular complexity index is 524. The molecule has 1 aliphatic carbocycles. The average molecular weight is 296 g/mol. The van der Waals surface area contributed by atoms with Gasteiger partial charge in [-0.05, 0) is 57.1 Å². The number of hydrogen-bond acceptors (Lipinski definition) is 2. The molecule has 1 aromatic carbocycles. The molecule has 1 heterocycles.